The summed E-state index contributed by atoms with van der Waals surface area (Å²) < 4.78 is 16.0. The summed E-state index contributed by atoms with van der Waals surface area (Å²) in [6.45, 7) is 7.52. The summed E-state index contributed by atoms with van der Waals surface area (Å²) in [6.07, 6.45) is -1.01. The normalized spacial score (nSPS) is 26.6. The molecule has 2 saturated heterocycles. The van der Waals surface area contributed by atoms with Gasteiger partial charge in [-0.15, -0.1) is 0 Å². The average Bonchev–Trinajstić information content (AvgIpc) is 2.58. The van der Waals surface area contributed by atoms with Gasteiger partial charge in [0.25, 0.3) is 5.69 Å². The van der Waals surface area contributed by atoms with E-state index in [1.165, 1.54) is 18.2 Å². The zero-order valence-electron chi connectivity index (χ0n) is 16.3. The largest absolute Gasteiger partial charge is 0.508 e. The zero-order valence-corrected chi connectivity index (χ0v) is 16.3. The van der Waals surface area contributed by atoms with Crippen molar-refractivity contribution in [2.45, 2.75) is 58.1 Å². The van der Waals surface area contributed by atoms with Crippen LogP contribution in [0.5, 0.6) is 0 Å². The third kappa shape index (κ3) is 3.30. The summed E-state index contributed by atoms with van der Waals surface area (Å²) in [7, 11) is 0. The first-order chi connectivity index (χ1) is 13.1. The number of carbonyl (C=O) groups is 2. The number of rotatable bonds is 5. The number of fused-ring (bicyclic) bond motifs is 1. The molecule has 3 rings (SSSR count). The Morgan fingerprint density at radius 2 is 2.07 bits per heavy atom. The minimum absolute atomic E-state index is 0.133. The van der Waals surface area contributed by atoms with Crippen LogP contribution in [0.1, 0.15) is 39.7 Å². The molecule has 2 unspecified atom stereocenters. The molecule has 2 heterocycles. The fourth-order valence-corrected chi connectivity index (χ4v) is 4.36. The monoisotopic (exact) mass is 392 g/mol. The van der Waals surface area contributed by atoms with E-state index in [0.29, 0.717) is 13.0 Å². The van der Waals surface area contributed by atoms with Gasteiger partial charge in [-0.1, -0.05) is 12.1 Å². The summed E-state index contributed by atoms with van der Waals surface area (Å²) >= 11 is 0. The van der Waals surface area contributed by atoms with Gasteiger partial charge in [-0.05, 0) is 40.2 Å². The predicted molar refractivity (Wildman–Crippen MR) is 97.2 cm³/mol. The molecule has 2 aliphatic rings. The molecule has 0 radical (unpaired) electrons. The van der Waals surface area contributed by atoms with Crippen molar-refractivity contribution in [3.63, 3.8) is 0 Å². The van der Waals surface area contributed by atoms with Crippen LogP contribution >= 0.6 is 0 Å². The van der Waals surface area contributed by atoms with E-state index in [4.69, 9.17) is 14.2 Å². The number of carbonyl (C=O) groups excluding carboxylic acids is 2. The van der Waals surface area contributed by atoms with Gasteiger partial charge in [0.05, 0.1) is 28.6 Å². The molecule has 1 amide bonds. The van der Waals surface area contributed by atoms with Gasteiger partial charge in [-0.3, -0.25) is 14.9 Å². The van der Waals surface area contributed by atoms with Crippen LogP contribution in [0.25, 0.3) is 0 Å². The van der Waals surface area contributed by atoms with Crippen molar-refractivity contribution in [2.75, 3.05) is 6.61 Å². The highest BCUT2D eigenvalue weighted by Crippen LogP contribution is 2.50. The SMILES string of the molecule is C[C@H](OC(=O)OCc1ccccc1[N+](=O)[O-])C1C(=O)N2C(C)(C)OCCC12C. The number of benzene rings is 1. The molecular weight excluding hydrogens is 368 g/mol. The molecule has 0 N–H and O–H groups in total. The standard InChI is InChI=1S/C19H24N2O7/c1-12(15-16(22)20-18(2,3)27-10-9-19(15,20)4)28-17(23)26-11-13-7-5-6-8-14(13)21(24)25/h5-8,12,15H,9-11H2,1-4H3/t12-,15?,19?/m0/s1. The first-order valence-electron chi connectivity index (χ1n) is 9.12. The molecule has 2 aliphatic heterocycles. The van der Waals surface area contributed by atoms with Crippen molar-refractivity contribution >= 4 is 17.7 Å². The predicted octanol–water partition coefficient (Wildman–Crippen LogP) is 3.01. The van der Waals surface area contributed by atoms with Crippen LogP contribution in [0, 0.1) is 16.0 Å². The topological polar surface area (TPSA) is 108 Å². The minimum atomic E-state index is -0.966. The summed E-state index contributed by atoms with van der Waals surface area (Å²) in [5, 5.41) is 11.0. The van der Waals surface area contributed by atoms with Crippen molar-refractivity contribution in [1.29, 1.82) is 0 Å². The first kappa shape index (κ1) is 20.1. The van der Waals surface area contributed by atoms with E-state index in [2.05, 4.69) is 0 Å². The third-order valence-electron chi connectivity index (χ3n) is 5.55. The number of nitrogens with zero attached hydrogens (tertiary/aromatic N) is 2. The molecule has 0 aromatic heterocycles. The number of ether oxygens (including phenoxy) is 3. The Morgan fingerprint density at radius 3 is 2.75 bits per heavy atom. The molecule has 0 aliphatic carbocycles. The first-order valence-corrected chi connectivity index (χ1v) is 9.12. The number of β-lactam (4-membered cyclic amide) rings is 1. The maximum atomic E-state index is 12.7. The molecular formula is C19H24N2O7. The van der Waals surface area contributed by atoms with E-state index in [1.54, 1.807) is 17.9 Å². The van der Waals surface area contributed by atoms with Crippen LogP contribution < -0.4 is 0 Å². The van der Waals surface area contributed by atoms with Gasteiger partial charge < -0.3 is 19.1 Å². The Hall–Kier alpha value is -2.68. The highest BCUT2D eigenvalue weighted by molar-refractivity contribution is 5.89. The van der Waals surface area contributed by atoms with E-state index in [1.807, 2.05) is 20.8 Å². The molecule has 0 saturated carbocycles. The molecule has 9 heteroatoms. The maximum absolute atomic E-state index is 12.7. The smallest absolute Gasteiger partial charge is 0.430 e. The minimum Gasteiger partial charge on any atom is -0.430 e. The Balaban J connectivity index is 1.61. The summed E-state index contributed by atoms with van der Waals surface area (Å²) in [6, 6.07) is 6.00. The number of hydrogen-bond acceptors (Lipinski definition) is 7. The highest BCUT2D eigenvalue weighted by atomic mass is 16.7. The zero-order chi connectivity index (χ0) is 20.7. The fourth-order valence-electron chi connectivity index (χ4n) is 4.36. The Kier molecular flexibility index (Phi) is 5.05. The second kappa shape index (κ2) is 7.05. The van der Waals surface area contributed by atoms with Crippen LogP contribution in [0.4, 0.5) is 10.5 Å². The van der Waals surface area contributed by atoms with E-state index >= 15 is 0 Å². The highest BCUT2D eigenvalue weighted by Gasteiger charge is 2.65. The van der Waals surface area contributed by atoms with E-state index in [-0.39, 0.29) is 23.8 Å². The van der Waals surface area contributed by atoms with Gasteiger partial charge in [0.15, 0.2) is 0 Å². The van der Waals surface area contributed by atoms with Gasteiger partial charge in [-0.2, -0.15) is 0 Å². The summed E-state index contributed by atoms with van der Waals surface area (Å²) in [5.74, 6) is -0.625. The molecule has 0 bridgehead atoms. The van der Waals surface area contributed by atoms with E-state index < -0.39 is 34.4 Å². The summed E-state index contributed by atoms with van der Waals surface area (Å²) in [5.41, 5.74) is -1.03. The van der Waals surface area contributed by atoms with Crippen LogP contribution in [-0.4, -0.2) is 45.9 Å². The lowest BCUT2D eigenvalue weighted by Gasteiger charge is -2.65. The fraction of sp³-hybridized carbons (Fsp3) is 0.579. The van der Waals surface area contributed by atoms with Crippen molar-refractivity contribution in [3.05, 3.63) is 39.9 Å². The van der Waals surface area contributed by atoms with Gasteiger partial charge in [0.1, 0.15) is 18.4 Å². The lowest BCUT2D eigenvalue weighted by molar-refractivity contribution is -0.385. The molecule has 1 aromatic rings. The van der Waals surface area contributed by atoms with Gasteiger partial charge in [0.2, 0.25) is 5.91 Å². The molecule has 28 heavy (non-hydrogen) atoms. The van der Waals surface area contributed by atoms with Crippen LogP contribution in [0.3, 0.4) is 0 Å². The second-order valence-corrected chi connectivity index (χ2v) is 7.80. The van der Waals surface area contributed by atoms with Crippen molar-refractivity contribution < 1.29 is 28.7 Å². The van der Waals surface area contributed by atoms with Gasteiger partial charge in [-0.25, -0.2) is 4.79 Å². The second-order valence-electron chi connectivity index (χ2n) is 7.80. The van der Waals surface area contributed by atoms with Gasteiger partial charge in [0, 0.05) is 6.07 Å². The van der Waals surface area contributed by atoms with Crippen molar-refractivity contribution in [3.8, 4) is 0 Å². The average molecular weight is 392 g/mol. The van der Waals surface area contributed by atoms with Crippen molar-refractivity contribution in [1.82, 2.24) is 4.90 Å². The van der Waals surface area contributed by atoms with Gasteiger partial charge >= 0.3 is 6.16 Å². The number of hydrogen-bond donors (Lipinski definition) is 0. The quantitative estimate of drug-likeness (QED) is 0.328. The van der Waals surface area contributed by atoms with Crippen LogP contribution in [0.2, 0.25) is 0 Å². The molecule has 2 fully saturated rings. The molecule has 1 aromatic carbocycles. The lowest BCUT2D eigenvalue weighted by Crippen LogP contribution is -2.79. The van der Waals surface area contributed by atoms with Crippen LogP contribution in [-0.2, 0) is 25.6 Å². The molecule has 0 spiro atoms. The maximum Gasteiger partial charge on any atom is 0.508 e. The van der Waals surface area contributed by atoms with E-state index in [0.717, 1.165) is 0 Å². The Bertz CT molecular complexity index is 809. The molecule has 9 nitrogen and oxygen atoms in total. The van der Waals surface area contributed by atoms with Crippen LogP contribution in [0.15, 0.2) is 24.3 Å². The number of amides is 1. The van der Waals surface area contributed by atoms with Crippen molar-refractivity contribution in [2.24, 2.45) is 5.92 Å². The Labute approximate surface area is 162 Å². The third-order valence-corrected chi connectivity index (χ3v) is 5.55. The Morgan fingerprint density at radius 1 is 1.39 bits per heavy atom. The molecule has 3 atom stereocenters. The number of para-hydroxylation sites is 1. The molecule has 152 valence electrons. The van der Waals surface area contributed by atoms with E-state index in [9.17, 15) is 19.7 Å². The number of nitro benzene ring substituents is 1. The summed E-state index contributed by atoms with van der Waals surface area (Å²) in [4.78, 5) is 36.9. The number of nitro groups is 1. The lowest BCUT2D eigenvalue weighted by atomic mass is 9.67.